The average molecular weight is 454 g/mol. The van der Waals surface area contributed by atoms with Crippen molar-refractivity contribution in [1.82, 2.24) is 15.2 Å². The molecule has 1 rings (SSSR count). The fourth-order valence-corrected chi connectivity index (χ4v) is 3.27. The number of hydrogen-bond donors (Lipinski definition) is 1. The first kappa shape index (κ1) is 28.1. The van der Waals surface area contributed by atoms with Crippen LogP contribution < -0.4 is 5.32 Å². The van der Waals surface area contributed by atoms with Gasteiger partial charge >= 0.3 is 0 Å². The number of ether oxygens (including phenoxy) is 2. The minimum absolute atomic E-state index is 0.0946. The molecular formula is C24H43N3O5. The zero-order valence-electron chi connectivity index (χ0n) is 20.3. The number of nitrogens with zero attached hydrogens (tertiary/aromatic N) is 2. The quantitative estimate of drug-likeness (QED) is 0.295. The van der Waals surface area contributed by atoms with Crippen molar-refractivity contribution in [2.75, 3.05) is 39.5 Å². The van der Waals surface area contributed by atoms with Crippen molar-refractivity contribution in [2.45, 2.75) is 85.1 Å². The second-order valence-corrected chi connectivity index (χ2v) is 7.82. The Balaban J connectivity index is 2.52. The monoisotopic (exact) mass is 453 g/mol. The van der Waals surface area contributed by atoms with Gasteiger partial charge in [0.05, 0.1) is 6.54 Å². The third-order valence-electron chi connectivity index (χ3n) is 5.08. The van der Waals surface area contributed by atoms with E-state index >= 15 is 0 Å². The highest BCUT2D eigenvalue weighted by Crippen LogP contribution is 2.12. The normalized spacial score (nSPS) is 11.0. The summed E-state index contributed by atoms with van der Waals surface area (Å²) < 4.78 is 16.2. The lowest BCUT2D eigenvalue weighted by Crippen LogP contribution is -2.32. The summed E-state index contributed by atoms with van der Waals surface area (Å²) in [5.41, 5.74) is 0.231. The topological polar surface area (TPSA) is 93.9 Å². The minimum Gasteiger partial charge on any atom is -0.446 e. The van der Waals surface area contributed by atoms with Crippen LogP contribution in [0.2, 0.25) is 0 Å². The van der Waals surface area contributed by atoms with E-state index in [9.17, 15) is 9.59 Å². The minimum atomic E-state index is -0.280. The Morgan fingerprint density at radius 2 is 1.66 bits per heavy atom. The molecule has 1 N–H and O–H groups in total. The van der Waals surface area contributed by atoms with Gasteiger partial charge in [-0.2, -0.15) is 0 Å². The second kappa shape index (κ2) is 18.6. The van der Waals surface area contributed by atoms with Crippen LogP contribution in [-0.2, 0) is 20.8 Å². The summed E-state index contributed by atoms with van der Waals surface area (Å²) in [7, 11) is 0. The maximum atomic E-state index is 12.8. The fourth-order valence-electron chi connectivity index (χ4n) is 3.27. The molecule has 0 atom stereocenters. The largest absolute Gasteiger partial charge is 0.446 e. The first-order chi connectivity index (χ1) is 15.6. The highest BCUT2D eigenvalue weighted by molar-refractivity contribution is 5.91. The van der Waals surface area contributed by atoms with Crippen LogP contribution in [0.25, 0.3) is 0 Å². The van der Waals surface area contributed by atoms with Crippen molar-refractivity contribution in [1.29, 1.82) is 0 Å². The summed E-state index contributed by atoms with van der Waals surface area (Å²) >= 11 is 0. The molecular weight excluding hydrogens is 410 g/mol. The molecule has 8 nitrogen and oxygen atoms in total. The molecule has 184 valence electrons. The molecule has 0 aliphatic carbocycles. The molecule has 0 saturated carbocycles. The molecule has 0 radical (unpaired) electrons. The summed E-state index contributed by atoms with van der Waals surface area (Å²) in [6, 6.07) is 0. The molecule has 0 aliphatic heterocycles. The van der Waals surface area contributed by atoms with Crippen LogP contribution in [-0.4, -0.2) is 61.2 Å². The van der Waals surface area contributed by atoms with Crippen LogP contribution in [0.1, 0.15) is 94.9 Å². The van der Waals surface area contributed by atoms with Crippen LogP contribution in [0.5, 0.6) is 0 Å². The molecule has 0 unspecified atom stereocenters. The van der Waals surface area contributed by atoms with Gasteiger partial charge in [-0.25, -0.2) is 4.98 Å². The summed E-state index contributed by atoms with van der Waals surface area (Å²) in [4.78, 5) is 31.1. The summed E-state index contributed by atoms with van der Waals surface area (Å²) in [6.45, 7) is 10.00. The maximum Gasteiger partial charge on any atom is 0.273 e. The van der Waals surface area contributed by atoms with Crippen molar-refractivity contribution in [3.05, 3.63) is 17.8 Å². The van der Waals surface area contributed by atoms with Gasteiger partial charge in [-0.3, -0.25) is 9.59 Å². The smallest absolute Gasteiger partial charge is 0.273 e. The van der Waals surface area contributed by atoms with Crippen LogP contribution in [0.15, 0.2) is 10.7 Å². The average Bonchev–Trinajstić information content (AvgIpc) is 3.26. The molecule has 1 aromatic rings. The summed E-state index contributed by atoms with van der Waals surface area (Å²) in [6.07, 6.45) is 10.2. The molecule has 0 bridgehead atoms. The van der Waals surface area contributed by atoms with Gasteiger partial charge in [0.15, 0.2) is 5.69 Å². The van der Waals surface area contributed by atoms with Crippen LogP contribution in [0, 0.1) is 0 Å². The number of amides is 2. The number of rotatable bonds is 20. The van der Waals surface area contributed by atoms with E-state index in [1.54, 1.807) is 4.90 Å². The van der Waals surface area contributed by atoms with Gasteiger partial charge in [-0.05, 0) is 33.1 Å². The standard InChI is InChI=1S/C24H43N3O5/c1-4-7-8-9-10-11-14-23(28)27(16-13-18-31-6-3)19-22-26-21(20-32-22)24(29)25-15-12-17-30-5-2/h20H,4-19H2,1-3H3,(H,25,29). The van der Waals surface area contributed by atoms with Gasteiger partial charge in [0.25, 0.3) is 5.91 Å². The first-order valence-corrected chi connectivity index (χ1v) is 12.3. The van der Waals surface area contributed by atoms with Crippen LogP contribution in [0.3, 0.4) is 0 Å². The lowest BCUT2D eigenvalue weighted by molar-refractivity contribution is -0.132. The molecule has 8 heteroatoms. The van der Waals surface area contributed by atoms with E-state index in [-0.39, 0.29) is 24.1 Å². The van der Waals surface area contributed by atoms with E-state index in [1.165, 1.54) is 31.9 Å². The second-order valence-electron chi connectivity index (χ2n) is 7.82. The van der Waals surface area contributed by atoms with Gasteiger partial charge in [0.1, 0.15) is 6.26 Å². The first-order valence-electron chi connectivity index (χ1n) is 12.3. The number of hydrogen-bond acceptors (Lipinski definition) is 6. The molecule has 1 aromatic heterocycles. The molecule has 0 aliphatic rings. The highest BCUT2D eigenvalue weighted by atomic mass is 16.5. The number of carbonyl (C=O) groups is 2. The van der Waals surface area contributed by atoms with E-state index < -0.39 is 0 Å². The number of aromatic nitrogens is 1. The van der Waals surface area contributed by atoms with E-state index in [1.807, 2.05) is 13.8 Å². The Morgan fingerprint density at radius 3 is 2.38 bits per heavy atom. The van der Waals surface area contributed by atoms with Crippen LogP contribution in [0.4, 0.5) is 0 Å². The van der Waals surface area contributed by atoms with Gasteiger partial charge in [-0.1, -0.05) is 39.0 Å². The Morgan fingerprint density at radius 1 is 0.969 bits per heavy atom. The highest BCUT2D eigenvalue weighted by Gasteiger charge is 2.18. The zero-order valence-corrected chi connectivity index (χ0v) is 20.3. The number of oxazole rings is 1. The fraction of sp³-hybridized carbons (Fsp3) is 0.792. The van der Waals surface area contributed by atoms with Crippen molar-refractivity contribution in [3.8, 4) is 0 Å². The van der Waals surface area contributed by atoms with E-state index in [2.05, 4.69) is 17.2 Å². The van der Waals surface area contributed by atoms with Gasteiger partial charge in [0.2, 0.25) is 11.8 Å². The van der Waals surface area contributed by atoms with Crippen molar-refractivity contribution in [2.24, 2.45) is 0 Å². The summed E-state index contributed by atoms with van der Waals surface area (Å²) in [5.74, 6) is 0.187. The molecule has 32 heavy (non-hydrogen) atoms. The van der Waals surface area contributed by atoms with Crippen molar-refractivity contribution < 1.29 is 23.5 Å². The van der Waals surface area contributed by atoms with E-state index in [0.29, 0.717) is 51.8 Å². The van der Waals surface area contributed by atoms with E-state index in [0.717, 1.165) is 25.7 Å². The Labute approximate surface area is 193 Å². The molecule has 2 amide bonds. The molecule has 0 spiro atoms. The Kier molecular flexibility index (Phi) is 16.4. The Hall–Kier alpha value is -1.93. The predicted octanol–water partition coefficient (Wildman–Crippen LogP) is 4.34. The third-order valence-corrected chi connectivity index (χ3v) is 5.08. The number of unbranched alkanes of at least 4 members (excludes halogenated alkanes) is 5. The van der Waals surface area contributed by atoms with Gasteiger partial charge < -0.3 is 24.1 Å². The molecule has 0 fully saturated rings. The maximum absolute atomic E-state index is 12.8. The number of nitrogens with one attached hydrogen (secondary N) is 1. The van der Waals surface area contributed by atoms with Gasteiger partial charge in [0, 0.05) is 45.9 Å². The van der Waals surface area contributed by atoms with Gasteiger partial charge in [-0.15, -0.1) is 0 Å². The van der Waals surface area contributed by atoms with E-state index in [4.69, 9.17) is 13.9 Å². The Bertz CT molecular complexity index is 621. The lowest BCUT2D eigenvalue weighted by Gasteiger charge is -2.21. The molecule has 0 saturated heterocycles. The number of carbonyl (C=O) groups excluding carboxylic acids is 2. The third kappa shape index (κ3) is 12.8. The lowest BCUT2D eigenvalue weighted by atomic mass is 10.1. The molecule has 0 aromatic carbocycles. The van der Waals surface area contributed by atoms with Crippen molar-refractivity contribution in [3.63, 3.8) is 0 Å². The van der Waals surface area contributed by atoms with Crippen LogP contribution >= 0.6 is 0 Å². The SMILES string of the molecule is CCCCCCCCC(=O)N(CCCOCC)Cc1nc(C(=O)NCCCOCC)co1. The summed E-state index contributed by atoms with van der Waals surface area (Å²) in [5, 5.41) is 2.81. The molecule has 1 heterocycles. The van der Waals surface area contributed by atoms with Crippen molar-refractivity contribution >= 4 is 11.8 Å². The zero-order chi connectivity index (χ0) is 23.4. The predicted molar refractivity (Wildman–Crippen MR) is 124 cm³/mol.